The number of pyridine rings is 1. The van der Waals surface area contributed by atoms with Gasteiger partial charge in [-0.15, -0.1) is 0 Å². The summed E-state index contributed by atoms with van der Waals surface area (Å²) >= 11 is 0. The summed E-state index contributed by atoms with van der Waals surface area (Å²) in [5.41, 5.74) is 25.4. The molecule has 0 bridgehead atoms. The normalized spacial score (nSPS) is 12.0. The van der Waals surface area contributed by atoms with E-state index in [-0.39, 0.29) is 0 Å². The molecule has 0 unspecified atom stereocenters. The number of fused-ring (bicyclic) bond motifs is 20. The van der Waals surface area contributed by atoms with E-state index in [0.717, 1.165) is 205 Å². The summed E-state index contributed by atoms with van der Waals surface area (Å²) in [5.74, 6) is 2.89. The van der Waals surface area contributed by atoms with E-state index in [1.165, 1.54) is 10.8 Å². The molecule has 0 aliphatic heterocycles. The Kier molecular flexibility index (Phi) is 13.9. The summed E-state index contributed by atoms with van der Waals surface area (Å²) in [6.45, 7) is 0. The topological polar surface area (TPSA) is 68.2 Å². The third-order valence-electron chi connectivity index (χ3n) is 23.6. The highest BCUT2D eigenvalue weighted by atomic mass is 15.2. The molecular weight excluding hydrogens is 1390 g/mol. The van der Waals surface area contributed by atoms with Crippen LogP contribution in [0.15, 0.2) is 394 Å². The molecule has 16 aromatic carbocycles. The van der Waals surface area contributed by atoms with Gasteiger partial charge in [-0.25, -0.2) is 15.0 Å². The second-order valence-electron chi connectivity index (χ2n) is 29.8. The monoisotopic (exact) mass is 1450 g/mol. The first-order chi connectivity index (χ1) is 56.6. The van der Waals surface area contributed by atoms with Crippen LogP contribution in [0.2, 0.25) is 0 Å². The molecule has 9 heteroatoms. The van der Waals surface area contributed by atoms with Crippen molar-refractivity contribution in [1.82, 2.24) is 42.4 Å². The van der Waals surface area contributed by atoms with Gasteiger partial charge in [-0.05, 0) is 124 Å². The molecule has 0 N–H and O–H groups in total. The molecule has 0 aliphatic carbocycles. The maximum absolute atomic E-state index is 5.93. The van der Waals surface area contributed by atoms with Gasteiger partial charge in [0, 0.05) is 99.3 Å². The van der Waals surface area contributed by atoms with Gasteiger partial charge in [0.1, 0.15) is 17.5 Å². The van der Waals surface area contributed by atoms with E-state index in [1.807, 2.05) is 0 Å². The van der Waals surface area contributed by atoms with Crippen LogP contribution in [0.5, 0.6) is 0 Å². The van der Waals surface area contributed by atoms with Crippen molar-refractivity contribution in [2.24, 2.45) is 0 Å². The fourth-order valence-electron chi connectivity index (χ4n) is 18.7. The molecule has 8 heterocycles. The van der Waals surface area contributed by atoms with Crippen LogP contribution in [0.25, 0.3) is 221 Å². The molecule has 0 saturated heterocycles. The van der Waals surface area contributed by atoms with Crippen molar-refractivity contribution in [3.63, 3.8) is 0 Å². The van der Waals surface area contributed by atoms with Gasteiger partial charge < -0.3 is 13.7 Å². The molecule has 0 atom stereocenters. The highest BCUT2D eigenvalue weighted by molar-refractivity contribution is 6.29. The summed E-state index contributed by atoms with van der Waals surface area (Å²) in [6.07, 6.45) is 0. The van der Waals surface area contributed by atoms with Gasteiger partial charge in [0.2, 0.25) is 0 Å². The summed E-state index contributed by atoms with van der Waals surface area (Å²) in [7, 11) is 0. The van der Waals surface area contributed by atoms with Gasteiger partial charge in [-0.1, -0.05) is 291 Å². The van der Waals surface area contributed by atoms with E-state index in [4.69, 9.17) is 15.0 Å². The Bertz CT molecular complexity index is 8040. The van der Waals surface area contributed by atoms with E-state index in [2.05, 4.69) is 422 Å². The Labute approximate surface area is 653 Å². The van der Waals surface area contributed by atoms with Gasteiger partial charge in [0.25, 0.3) is 0 Å². The lowest BCUT2D eigenvalue weighted by Crippen LogP contribution is -2.07. The number of nitrogens with zero attached hydrogens (tertiary/aromatic N) is 9. The lowest BCUT2D eigenvalue weighted by atomic mass is 9.95. The molecule has 0 spiro atoms. The van der Waals surface area contributed by atoms with Crippen LogP contribution < -0.4 is 0 Å². The number of rotatable bonds is 11. The van der Waals surface area contributed by atoms with Crippen LogP contribution in [0.1, 0.15) is 0 Å². The van der Waals surface area contributed by atoms with Crippen LogP contribution in [-0.4, -0.2) is 42.4 Å². The van der Waals surface area contributed by atoms with Crippen molar-refractivity contribution in [3.05, 3.63) is 394 Å². The number of aromatic nitrogens is 9. The Hall–Kier alpha value is -15.5. The third kappa shape index (κ3) is 9.57. The summed E-state index contributed by atoms with van der Waals surface area (Å²) < 4.78 is 14.7. The maximum Gasteiger partial charge on any atom is 0.163 e. The lowest BCUT2D eigenvalue weighted by Gasteiger charge is -2.17. The fourth-order valence-corrected chi connectivity index (χ4v) is 18.7. The van der Waals surface area contributed by atoms with Gasteiger partial charge in [0.15, 0.2) is 5.82 Å². The summed E-state index contributed by atoms with van der Waals surface area (Å²) in [6, 6.07) is 144. The summed E-state index contributed by atoms with van der Waals surface area (Å²) in [5, 5.41) is 13.7. The molecule has 0 radical (unpaired) electrons. The Morgan fingerprint density at radius 3 is 1.13 bits per heavy atom. The minimum Gasteiger partial charge on any atom is -0.309 e. The molecule has 114 heavy (non-hydrogen) atoms. The first-order valence-corrected chi connectivity index (χ1v) is 38.9. The molecule has 0 amide bonds. The average Bonchev–Trinajstić information content (AvgIpc) is 1.54. The highest BCUT2D eigenvalue weighted by Gasteiger charge is 2.29. The van der Waals surface area contributed by atoms with Crippen molar-refractivity contribution in [3.8, 4) is 90.5 Å². The van der Waals surface area contributed by atoms with Crippen molar-refractivity contribution in [2.75, 3.05) is 0 Å². The van der Waals surface area contributed by atoms with Crippen LogP contribution in [0.4, 0.5) is 0 Å². The fraction of sp³-hybridized carbons (Fsp3) is 0. The van der Waals surface area contributed by atoms with E-state index in [0.29, 0.717) is 5.82 Å². The molecule has 0 saturated carbocycles. The second-order valence-corrected chi connectivity index (χ2v) is 29.8. The van der Waals surface area contributed by atoms with Crippen molar-refractivity contribution < 1.29 is 0 Å². The quantitative estimate of drug-likeness (QED) is 0.130. The molecule has 24 rings (SSSR count). The molecule has 24 aromatic rings. The summed E-state index contributed by atoms with van der Waals surface area (Å²) in [4.78, 5) is 17.5. The van der Waals surface area contributed by atoms with Gasteiger partial charge in [0.05, 0.1) is 77.6 Å². The Balaban J connectivity index is 0.810. The number of benzene rings is 16. The molecular formula is C105H65N9. The number of para-hydroxylation sites is 8. The van der Waals surface area contributed by atoms with Crippen molar-refractivity contribution in [2.45, 2.75) is 0 Å². The zero-order chi connectivity index (χ0) is 74.6. The Morgan fingerprint density at radius 2 is 0.544 bits per heavy atom. The first kappa shape index (κ1) is 63.5. The predicted molar refractivity (Wildman–Crippen MR) is 473 cm³/mol. The van der Waals surface area contributed by atoms with Crippen LogP contribution in [0, 0.1) is 0 Å². The van der Waals surface area contributed by atoms with E-state index in [1.54, 1.807) is 0 Å². The zero-order valence-corrected chi connectivity index (χ0v) is 61.6. The van der Waals surface area contributed by atoms with Gasteiger partial charge in [-0.3, -0.25) is 13.7 Å². The van der Waals surface area contributed by atoms with Crippen LogP contribution >= 0.6 is 0 Å². The van der Waals surface area contributed by atoms with E-state index < -0.39 is 0 Å². The average molecular weight is 1450 g/mol. The highest BCUT2D eigenvalue weighted by Crippen LogP contribution is 2.50. The van der Waals surface area contributed by atoms with Crippen LogP contribution in [-0.2, 0) is 0 Å². The first-order valence-electron chi connectivity index (χ1n) is 38.9. The minimum absolute atomic E-state index is 0.603. The number of hydrogen-bond donors (Lipinski definition) is 0. The Morgan fingerprint density at radius 1 is 0.167 bits per heavy atom. The SMILES string of the molecule is c1ccc(-c2cccc(-c3nc(-n4c5ccccc5c5ccccc54)cc(-n4c5ccccc5c5c(-c6ccc7c8ccccc8n(-c8cc(-c9ccccc9)nc(-n9c%10ccccc%10c%10ccc%11c%12ccccc%12n(-c%12ccccc%12)c%11c%109)c8)c7c6)cc6c7ccccc7n(-c7cccc(-c8ccccc8)c7)c6c54)n3)c2)cc1. The molecule has 530 valence electrons. The smallest absolute Gasteiger partial charge is 0.163 e. The van der Waals surface area contributed by atoms with Gasteiger partial charge in [-0.2, -0.15) is 0 Å². The zero-order valence-electron chi connectivity index (χ0n) is 61.6. The minimum atomic E-state index is 0.603. The molecule has 9 nitrogen and oxygen atoms in total. The largest absolute Gasteiger partial charge is 0.309 e. The second kappa shape index (κ2) is 25.0. The standard InChI is InChI=1S/C105H65N9/c1-5-29-66(30-6-1)69-35-27-37-72(59-69)105-107-98(112-92-51-23-14-41-76(92)77-42-15-24-52-93(77)112)65-99(108-105)114-95-54-26-19-47-85(95)100-86(64-87-81-46-18-22-50-91(81)111(103(87)104(100)114)74-40-28-36-70(60-74)67-31-7-2-8-32-67)71-55-56-82-78-43-13-20-48-89(78)109(96(82)61-71)75-62-88(68-33-9-3-10-34-68)106-97(63-75)113-94-53-25-17-45-80(94)84-58-57-83-79-44-16-21-49-90(79)110(101(83)102(84)113)73-38-11-4-12-39-73/h1-65H. The van der Waals surface area contributed by atoms with Crippen molar-refractivity contribution in [1.29, 1.82) is 0 Å². The van der Waals surface area contributed by atoms with Crippen molar-refractivity contribution >= 4 is 131 Å². The number of hydrogen-bond acceptors (Lipinski definition) is 3. The van der Waals surface area contributed by atoms with Gasteiger partial charge >= 0.3 is 0 Å². The molecule has 0 aliphatic rings. The molecule has 8 aromatic heterocycles. The lowest BCUT2D eigenvalue weighted by molar-refractivity contribution is 0.994. The van der Waals surface area contributed by atoms with E-state index >= 15 is 0 Å². The third-order valence-corrected chi connectivity index (χ3v) is 23.6. The predicted octanol–water partition coefficient (Wildman–Crippen LogP) is 26.8. The van der Waals surface area contributed by atoms with Crippen LogP contribution in [0.3, 0.4) is 0 Å². The van der Waals surface area contributed by atoms with E-state index in [9.17, 15) is 0 Å². The molecule has 0 fully saturated rings. The maximum atomic E-state index is 5.93.